The van der Waals surface area contributed by atoms with Gasteiger partial charge in [-0.3, -0.25) is 0 Å². The van der Waals surface area contributed by atoms with Crippen LogP contribution in [0.15, 0.2) is 35.5 Å². The lowest BCUT2D eigenvalue weighted by atomic mass is 10.2. The van der Waals surface area contributed by atoms with E-state index in [0.717, 1.165) is 15.8 Å². The highest BCUT2D eigenvalue weighted by atomic mass is 35.5. The highest BCUT2D eigenvalue weighted by Crippen LogP contribution is 2.36. The van der Waals surface area contributed by atoms with Gasteiger partial charge in [0.2, 0.25) is 0 Å². The zero-order valence-corrected chi connectivity index (χ0v) is 13.2. The number of aromatic nitrogens is 1. The maximum atomic E-state index is 10.5. The molecule has 3 aromatic rings. The van der Waals surface area contributed by atoms with E-state index in [0.29, 0.717) is 20.9 Å². The summed E-state index contributed by atoms with van der Waals surface area (Å²) < 4.78 is 0.932. The molecule has 1 aromatic heterocycles. The highest BCUT2D eigenvalue weighted by Gasteiger charge is 2.11. The number of aryl methyl sites for hydroxylation is 1. The molecule has 0 aliphatic rings. The topological polar surface area (TPSA) is 54.4 Å². The molecule has 0 aliphatic heterocycles. The van der Waals surface area contributed by atoms with E-state index in [1.54, 1.807) is 12.1 Å². The molecule has 0 aliphatic carbocycles. The third-order valence-electron chi connectivity index (χ3n) is 3.00. The Labute approximate surface area is 134 Å². The van der Waals surface area contributed by atoms with Crippen molar-refractivity contribution in [3.63, 3.8) is 0 Å². The fraction of sp³-hybridized carbons (Fsp3) is 0.0714. The second-order valence-corrected chi connectivity index (χ2v) is 6.25. The van der Waals surface area contributed by atoms with E-state index in [1.165, 1.54) is 17.4 Å². The van der Waals surface area contributed by atoms with E-state index >= 15 is 0 Å². The molecule has 0 atom stereocenters. The van der Waals surface area contributed by atoms with Gasteiger partial charge in [-0.15, -0.1) is 4.91 Å². The van der Waals surface area contributed by atoms with Gasteiger partial charge in [-0.25, -0.2) is 4.98 Å². The Morgan fingerprint density at radius 1 is 1.19 bits per heavy atom. The molecule has 106 valence electrons. The Balaban J connectivity index is 2.00. The minimum Gasteiger partial charge on any atom is -0.330 e. The Morgan fingerprint density at radius 3 is 2.67 bits per heavy atom. The highest BCUT2D eigenvalue weighted by molar-refractivity contribution is 7.22. The van der Waals surface area contributed by atoms with Gasteiger partial charge in [0.05, 0.1) is 25.9 Å². The monoisotopic (exact) mass is 337 g/mol. The van der Waals surface area contributed by atoms with Gasteiger partial charge in [-0.05, 0) is 41.9 Å². The minimum absolute atomic E-state index is 0.286. The summed E-state index contributed by atoms with van der Waals surface area (Å²) in [5.41, 5.74) is 2.88. The Bertz CT molecular complexity index is 809. The quantitative estimate of drug-likeness (QED) is 0.591. The molecule has 2 aromatic carbocycles. The van der Waals surface area contributed by atoms with E-state index in [-0.39, 0.29) is 5.69 Å². The largest absolute Gasteiger partial charge is 0.330 e. The molecule has 1 N–H and O–H groups in total. The molecule has 0 saturated carbocycles. The van der Waals surface area contributed by atoms with E-state index in [2.05, 4.69) is 15.5 Å². The molecule has 1 heterocycles. The number of nitroso groups, excluding NO2 is 1. The van der Waals surface area contributed by atoms with Gasteiger partial charge in [-0.2, -0.15) is 0 Å². The van der Waals surface area contributed by atoms with Gasteiger partial charge in [0.25, 0.3) is 0 Å². The summed E-state index contributed by atoms with van der Waals surface area (Å²) in [6.07, 6.45) is 0. The van der Waals surface area contributed by atoms with Crippen molar-refractivity contribution in [1.29, 1.82) is 0 Å². The maximum Gasteiger partial charge on any atom is 0.188 e. The van der Waals surface area contributed by atoms with Crippen molar-refractivity contribution in [2.24, 2.45) is 5.18 Å². The number of thiazole rings is 1. The summed E-state index contributed by atoms with van der Waals surface area (Å²) in [6.45, 7) is 1.99. The van der Waals surface area contributed by atoms with Gasteiger partial charge >= 0.3 is 0 Å². The van der Waals surface area contributed by atoms with Crippen LogP contribution in [0.1, 0.15) is 5.56 Å². The first kappa shape index (κ1) is 14.3. The molecule has 21 heavy (non-hydrogen) atoms. The van der Waals surface area contributed by atoms with Crippen LogP contribution >= 0.6 is 34.5 Å². The van der Waals surface area contributed by atoms with E-state index < -0.39 is 0 Å². The lowest BCUT2D eigenvalue weighted by molar-refractivity contribution is 1.40. The Morgan fingerprint density at radius 2 is 2.00 bits per heavy atom. The van der Waals surface area contributed by atoms with E-state index in [1.807, 2.05) is 19.1 Å². The molecule has 3 rings (SSSR count). The lowest BCUT2D eigenvalue weighted by Crippen LogP contribution is -1.90. The number of nitrogens with one attached hydrogen (secondary N) is 1. The van der Waals surface area contributed by atoms with Crippen LogP contribution in [-0.4, -0.2) is 4.98 Å². The second-order valence-electron chi connectivity index (χ2n) is 4.44. The zero-order chi connectivity index (χ0) is 15.0. The van der Waals surface area contributed by atoms with Crippen LogP contribution in [0.4, 0.5) is 16.5 Å². The summed E-state index contributed by atoms with van der Waals surface area (Å²) in [7, 11) is 0. The summed E-state index contributed by atoms with van der Waals surface area (Å²) in [6, 6.07) is 8.58. The number of rotatable bonds is 3. The van der Waals surface area contributed by atoms with Crippen LogP contribution in [0.3, 0.4) is 0 Å². The summed E-state index contributed by atoms with van der Waals surface area (Å²) in [5.74, 6) is 0. The first-order valence-corrected chi connectivity index (χ1v) is 7.61. The van der Waals surface area contributed by atoms with Gasteiger partial charge in [0.1, 0.15) is 5.69 Å². The molecule has 0 spiro atoms. The van der Waals surface area contributed by atoms with Crippen LogP contribution in [-0.2, 0) is 0 Å². The normalized spacial score (nSPS) is 10.8. The van der Waals surface area contributed by atoms with Crippen molar-refractivity contribution in [3.8, 4) is 0 Å². The standard InChI is InChI=1S/C14H9Cl2N3OS/c1-7-2-4-9(15)13-12(7)18-14(21-13)17-11-5-3-8(19-20)6-10(11)16/h2-6H,1H3,(H,17,18). The fourth-order valence-electron chi connectivity index (χ4n) is 1.93. The summed E-state index contributed by atoms with van der Waals surface area (Å²) in [5, 5.41) is 7.76. The van der Waals surface area contributed by atoms with Crippen molar-refractivity contribution >= 4 is 61.3 Å². The van der Waals surface area contributed by atoms with Crippen molar-refractivity contribution < 1.29 is 0 Å². The Hall–Kier alpha value is -1.69. The van der Waals surface area contributed by atoms with Crippen LogP contribution in [0.5, 0.6) is 0 Å². The van der Waals surface area contributed by atoms with Crippen molar-refractivity contribution in [2.75, 3.05) is 5.32 Å². The van der Waals surface area contributed by atoms with Crippen molar-refractivity contribution in [1.82, 2.24) is 4.98 Å². The number of hydrogen-bond donors (Lipinski definition) is 1. The summed E-state index contributed by atoms with van der Waals surface area (Å²) in [4.78, 5) is 15.0. The summed E-state index contributed by atoms with van der Waals surface area (Å²) >= 11 is 13.7. The SMILES string of the molecule is Cc1ccc(Cl)c2sc(Nc3ccc(N=O)cc3Cl)nc12. The molecule has 0 unspecified atom stereocenters. The van der Waals surface area contributed by atoms with Gasteiger partial charge in [0.15, 0.2) is 5.13 Å². The molecule has 0 amide bonds. The first-order valence-electron chi connectivity index (χ1n) is 6.04. The van der Waals surface area contributed by atoms with Crippen molar-refractivity contribution in [2.45, 2.75) is 6.92 Å². The maximum absolute atomic E-state index is 10.5. The predicted octanol–water partition coefficient (Wildman–Crippen LogP) is 6.05. The van der Waals surface area contributed by atoms with Crippen LogP contribution in [0.2, 0.25) is 10.0 Å². The molecular formula is C14H9Cl2N3OS. The number of anilines is 2. The van der Waals surface area contributed by atoms with Gasteiger partial charge < -0.3 is 5.32 Å². The van der Waals surface area contributed by atoms with E-state index in [9.17, 15) is 4.91 Å². The average molecular weight is 338 g/mol. The van der Waals surface area contributed by atoms with Crippen LogP contribution < -0.4 is 5.32 Å². The Kier molecular flexibility index (Phi) is 3.80. The number of nitrogens with zero attached hydrogens (tertiary/aromatic N) is 2. The number of benzene rings is 2. The second kappa shape index (κ2) is 5.60. The molecule has 4 nitrogen and oxygen atoms in total. The molecular weight excluding hydrogens is 329 g/mol. The molecule has 0 bridgehead atoms. The van der Waals surface area contributed by atoms with Crippen LogP contribution in [0, 0.1) is 11.8 Å². The van der Waals surface area contributed by atoms with E-state index in [4.69, 9.17) is 23.2 Å². The minimum atomic E-state index is 0.286. The molecule has 0 radical (unpaired) electrons. The van der Waals surface area contributed by atoms with Gasteiger partial charge in [0, 0.05) is 0 Å². The number of halogens is 2. The average Bonchev–Trinajstić information content (AvgIpc) is 2.90. The van der Waals surface area contributed by atoms with Crippen LogP contribution in [0.25, 0.3) is 10.2 Å². The fourth-order valence-corrected chi connectivity index (χ4v) is 3.38. The first-order chi connectivity index (χ1) is 10.1. The van der Waals surface area contributed by atoms with Gasteiger partial charge in [-0.1, -0.05) is 40.6 Å². The predicted molar refractivity (Wildman–Crippen MR) is 89.6 cm³/mol. The third kappa shape index (κ3) is 2.72. The molecule has 0 fully saturated rings. The zero-order valence-electron chi connectivity index (χ0n) is 10.9. The smallest absolute Gasteiger partial charge is 0.188 e. The molecule has 7 heteroatoms. The number of hydrogen-bond acceptors (Lipinski definition) is 5. The number of fused-ring (bicyclic) bond motifs is 1. The van der Waals surface area contributed by atoms with Crippen molar-refractivity contribution in [3.05, 3.63) is 50.8 Å². The molecule has 0 saturated heterocycles. The lowest BCUT2D eigenvalue weighted by Gasteiger charge is -2.04. The third-order valence-corrected chi connectivity index (χ3v) is 4.74.